The zero-order valence-corrected chi connectivity index (χ0v) is 17.3. The second kappa shape index (κ2) is 8.62. The van der Waals surface area contributed by atoms with Gasteiger partial charge in [-0.2, -0.15) is 13.2 Å². The Balaban J connectivity index is 1.50. The minimum absolute atomic E-state index is 0.490. The number of hydrogen-bond donors (Lipinski definition) is 3. The predicted octanol–water partition coefficient (Wildman–Crippen LogP) is 6.29. The molecule has 0 atom stereocenters. The third-order valence-electron chi connectivity index (χ3n) is 4.67. The molecule has 0 amide bonds. The van der Waals surface area contributed by atoms with Crippen LogP contribution in [0.25, 0.3) is 11.4 Å². The fraction of sp³-hybridized carbons (Fsp3) is 0.130. The van der Waals surface area contributed by atoms with Crippen molar-refractivity contribution >= 4 is 23.0 Å². The Labute approximate surface area is 182 Å². The summed E-state index contributed by atoms with van der Waals surface area (Å²) in [5.41, 5.74) is 2.27. The van der Waals surface area contributed by atoms with Crippen molar-refractivity contribution in [3.8, 4) is 17.1 Å². The Morgan fingerprint density at radius 3 is 2.12 bits per heavy atom. The summed E-state index contributed by atoms with van der Waals surface area (Å²) in [6, 6.07) is 15.7. The van der Waals surface area contributed by atoms with Crippen molar-refractivity contribution in [1.82, 2.24) is 15.0 Å². The molecule has 4 aromatic rings. The van der Waals surface area contributed by atoms with Crippen molar-refractivity contribution in [3.63, 3.8) is 0 Å². The van der Waals surface area contributed by atoms with E-state index in [1.54, 1.807) is 25.3 Å². The summed E-state index contributed by atoms with van der Waals surface area (Å²) in [5, 5.41) is 6.22. The van der Waals surface area contributed by atoms with Crippen LogP contribution in [0.1, 0.15) is 11.3 Å². The van der Waals surface area contributed by atoms with E-state index < -0.39 is 11.7 Å². The summed E-state index contributed by atoms with van der Waals surface area (Å²) < 4.78 is 43.7. The molecule has 0 unspecified atom stereocenters. The monoisotopic (exact) mass is 439 g/mol. The standard InChI is InChI=1S/C23H20F3N5O/c1-14-13-27-22(28-14)18-11-10-17(12-19(18)32-2)30-21-5-3-4-20(31-21)29-16-8-6-15(7-9-16)23(24,25)26/h3-13H,1-2H3,(H,27,28)(H2,29,30,31). The van der Waals surface area contributed by atoms with Gasteiger partial charge in [-0.1, -0.05) is 6.07 Å². The lowest BCUT2D eigenvalue weighted by atomic mass is 10.1. The number of nitrogens with zero attached hydrogens (tertiary/aromatic N) is 2. The Morgan fingerprint density at radius 2 is 1.53 bits per heavy atom. The van der Waals surface area contributed by atoms with Crippen molar-refractivity contribution in [2.75, 3.05) is 17.7 Å². The number of nitrogens with one attached hydrogen (secondary N) is 3. The highest BCUT2D eigenvalue weighted by Crippen LogP contribution is 2.32. The zero-order chi connectivity index (χ0) is 22.7. The van der Waals surface area contributed by atoms with Gasteiger partial charge < -0.3 is 20.4 Å². The van der Waals surface area contributed by atoms with Gasteiger partial charge in [0.25, 0.3) is 0 Å². The molecule has 2 aromatic carbocycles. The number of H-pyrrole nitrogens is 1. The highest BCUT2D eigenvalue weighted by molar-refractivity contribution is 5.71. The normalized spacial score (nSPS) is 11.3. The number of rotatable bonds is 6. The van der Waals surface area contributed by atoms with Crippen LogP contribution in [-0.2, 0) is 6.18 Å². The number of aryl methyl sites for hydroxylation is 1. The number of benzene rings is 2. The maximum absolute atomic E-state index is 12.7. The number of aromatic nitrogens is 3. The molecule has 6 nitrogen and oxygen atoms in total. The number of pyridine rings is 1. The lowest BCUT2D eigenvalue weighted by Gasteiger charge is -2.12. The van der Waals surface area contributed by atoms with E-state index in [-0.39, 0.29) is 0 Å². The van der Waals surface area contributed by atoms with Gasteiger partial charge >= 0.3 is 6.18 Å². The van der Waals surface area contributed by atoms with Crippen molar-refractivity contribution in [2.45, 2.75) is 13.1 Å². The van der Waals surface area contributed by atoms with Gasteiger partial charge in [0.05, 0.1) is 23.9 Å². The molecule has 32 heavy (non-hydrogen) atoms. The summed E-state index contributed by atoms with van der Waals surface area (Å²) in [7, 11) is 1.59. The van der Waals surface area contributed by atoms with Crippen molar-refractivity contribution in [3.05, 3.63) is 78.1 Å². The summed E-state index contributed by atoms with van der Waals surface area (Å²) in [4.78, 5) is 12.0. The van der Waals surface area contributed by atoms with Gasteiger partial charge in [0.1, 0.15) is 23.2 Å². The Morgan fingerprint density at radius 1 is 0.875 bits per heavy atom. The van der Waals surface area contributed by atoms with Crippen LogP contribution in [0.2, 0.25) is 0 Å². The predicted molar refractivity (Wildman–Crippen MR) is 118 cm³/mol. The molecule has 0 radical (unpaired) electrons. The highest BCUT2D eigenvalue weighted by Gasteiger charge is 2.29. The number of aromatic amines is 1. The molecule has 2 aromatic heterocycles. The van der Waals surface area contributed by atoms with E-state index in [1.807, 2.05) is 31.3 Å². The van der Waals surface area contributed by atoms with Gasteiger partial charge in [0.15, 0.2) is 0 Å². The molecule has 0 aliphatic heterocycles. The number of ether oxygens (including phenoxy) is 1. The molecule has 4 rings (SSSR count). The summed E-state index contributed by atoms with van der Waals surface area (Å²) in [6.07, 6.45) is -2.55. The molecule has 2 heterocycles. The second-order valence-electron chi connectivity index (χ2n) is 7.04. The quantitative estimate of drug-likeness (QED) is 0.329. The van der Waals surface area contributed by atoms with E-state index in [0.29, 0.717) is 28.9 Å². The Kier molecular flexibility index (Phi) is 5.72. The minimum atomic E-state index is -4.37. The molecule has 0 saturated carbocycles. The topological polar surface area (TPSA) is 74.9 Å². The lowest BCUT2D eigenvalue weighted by Crippen LogP contribution is -2.04. The van der Waals surface area contributed by atoms with Crippen LogP contribution in [0, 0.1) is 6.92 Å². The smallest absolute Gasteiger partial charge is 0.416 e. The molecule has 0 aliphatic carbocycles. The molecule has 3 N–H and O–H groups in total. The summed E-state index contributed by atoms with van der Waals surface area (Å²) in [5.74, 6) is 2.41. The molecule has 0 spiro atoms. The number of anilines is 4. The average molecular weight is 439 g/mol. The largest absolute Gasteiger partial charge is 0.496 e. The van der Waals surface area contributed by atoms with Crippen molar-refractivity contribution in [2.24, 2.45) is 0 Å². The molecule has 0 bridgehead atoms. The van der Waals surface area contributed by atoms with Crippen LogP contribution in [-0.4, -0.2) is 22.1 Å². The van der Waals surface area contributed by atoms with Crippen LogP contribution in [0.4, 0.5) is 36.2 Å². The van der Waals surface area contributed by atoms with E-state index in [0.717, 1.165) is 29.1 Å². The fourth-order valence-corrected chi connectivity index (χ4v) is 3.13. The number of hydrogen-bond acceptors (Lipinski definition) is 5. The van der Waals surface area contributed by atoms with E-state index >= 15 is 0 Å². The number of methoxy groups -OCH3 is 1. The molecular weight excluding hydrogens is 419 g/mol. The maximum Gasteiger partial charge on any atom is 0.416 e. The summed E-state index contributed by atoms with van der Waals surface area (Å²) >= 11 is 0. The minimum Gasteiger partial charge on any atom is -0.496 e. The number of halogens is 3. The fourth-order valence-electron chi connectivity index (χ4n) is 3.13. The van der Waals surface area contributed by atoms with E-state index in [9.17, 15) is 13.2 Å². The molecule has 0 aliphatic rings. The Hall–Kier alpha value is -4.01. The van der Waals surface area contributed by atoms with Gasteiger partial charge in [0, 0.05) is 23.6 Å². The van der Waals surface area contributed by atoms with Crippen LogP contribution in [0.3, 0.4) is 0 Å². The van der Waals surface area contributed by atoms with Crippen molar-refractivity contribution in [1.29, 1.82) is 0 Å². The summed E-state index contributed by atoms with van der Waals surface area (Å²) in [6.45, 7) is 1.90. The lowest BCUT2D eigenvalue weighted by molar-refractivity contribution is -0.137. The van der Waals surface area contributed by atoms with Crippen LogP contribution >= 0.6 is 0 Å². The zero-order valence-electron chi connectivity index (χ0n) is 17.3. The first-order valence-electron chi connectivity index (χ1n) is 9.70. The number of imidazole rings is 1. The van der Waals surface area contributed by atoms with Gasteiger partial charge in [-0.3, -0.25) is 0 Å². The molecule has 164 valence electrons. The van der Waals surface area contributed by atoms with E-state index in [1.165, 1.54) is 12.1 Å². The van der Waals surface area contributed by atoms with Gasteiger partial charge in [0.2, 0.25) is 0 Å². The second-order valence-corrected chi connectivity index (χ2v) is 7.04. The van der Waals surface area contributed by atoms with E-state index in [4.69, 9.17) is 4.74 Å². The molecule has 0 saturated heterocycles. The van der Waals surface area contributed by atoms with Crippen LogP contribution < -0.4 is 15.4 Å². The first-order valence-corrected chi connectivity index (χ1v) is 9.70. The molecule has 9 heteroatoms. The number of alkyl halides is 3. The van der Waals surface area contributed by atoms with E-state index in [2.05, 4.69) is 25.6 Å². The maximum atomic E-state index is 12.7. The third kappa shape index (κ3) is 4.83. The van der Waals surface area contributed by atoms with Crippen LogP contribution in [0.15, 0.2) is 66.9 Å². The highest BCUT2D eigenvalue weighted by atomic mass is 19.4. The first-order chi connectivity index (χ1) is 15.3. The first kappa shape index (κ1) is 21.2. The molecule has 0 fully saturated rings. The van der Waals surface area contributed by atoms with Gasteiger partial charge in [-0.25, -0.2) is 9.97 Å². The van der Waals surface area contributed by atoms with Gasteiger partial charge in [-0.15, -0.1) is 0 Å². The third-order valence-corrected chi connectivity index (χ3v) is 4.67. The van der Waals surface area contributed by atoms with Crippen molar-refractivity contribution < 1.29 is 17.9 Å². The Bertz CT molecular complexity index is 1220. The molecular formula is C23H20F3N5O. The van der Waals surface area contributed by atoms with Crippen LogP contribution in [0.5, 0.6) is 5.75 Å². The SMILES string of the molecule is COc1cc(Nc2cccc(Nc3ccc(C(F)(F)F)cc3)n2)ccc1-c1nc(C)c[nH]1. The van der Waals surface area contributed by atoms with Gasteiger partial charge in [-0.05, 0) is 55.5 Å². The average Bonchev–Trinajstić information content (AvgIpc) is 3.20.